The predicted molar refractivity (Wildman–Crippen MR) is 71.7 cm³/mol. The van der Waals surface area contributed by atoms with E-state index in [0.717, 1.165) is 50.6 Å². The molecule has 106 valence electrons. The molecule has 1 saturated carbocycles. The summed E-state index contributed by atoms with van der Waals surface area (Å²) in [7, 11) is 4.26. The molecule has 3 atom stereocenters. The van der Waals surface area contributed by atoms with Gasteiger partial charge in [-0.2, -0.15) is 4.98 Å². The van der Waals surface area contributed by atoms with Gasteiger partial charge in [-0.3, -0.25) is 4.90 Å². The summed E-state index contributed by atoms with van der Waals surface area (Å²) in [4.78, 5) is 9.25. The van der Waals surface area contributed by atoms with Gasteiger partial charge in [-0.1, -0.05) is 5.16 Å². The van der Waals surface area contributed by atoms with Crippen LogP contribution in [-0.2, 0) is 0 Å². The molecule has 2 aliphatic rings. The van der Waals surface area contributed by atoms with Crippen molar-refractivity contribution in [2.45, 2.75) is 37.3 Å². The van der Waals surface area contributed by atoms with Crippen LogP contribution in [0.1, 0.15) is 42.9 Å². The number of aromatic nitrogens is 2. The van der Waals surface area contributed by atoms with Gasteiger partial charge in [0.15, 0.2) is 5.82 Å². The Bertz CT molecular complexity index is 434. The van der Waals surface area contributed by atoms with Gasteiger partial charge < -0.3 is 15.2 Å². The van der Waals surface area contributed by atoms with Crippen LogP contribution in [0, 0.1) is 0 Å². The number of hydrogen-bond donors (Lipinski definition) is 1. The van der Waals surface area contributed by atoms with Crippen LogP contribution in [-0.4, -0.2) is 59.7 Å². The van der Waals surface area contributed by atoms with Crippen molar-refractivity contribution < 1.29 is 4.52 Å². The lowest BCUT2D eigenvalue weighted by molar-refractivity contribution is 0.108. The lowest BCUT2D eigenvalue weighted by Gasteiger charge is -2.35. The summed E-state index contributed by atoms with van der Waals surface area (Å²) >= 11 is 0. The summed E-state index contributed by atoms with van der Waals surface area (Å²) in [6.45, 7) is 3.09. The van der Waals surface area contributed by atoms with E-state index < -0.39 is 0 Å². The Balaban J connectivity index is 1.73. The number of likely N-dealkylation sites (N-methyl/N-ethyl adjacent to an activating group) is 2. The molecule has 19 heavy (non-hydrogen) atoms. The van der Waals surface area contributed by atoms with E-state index in [1.165, 1.54) is 0 Å². The molecule has 2 heterocycles. The highest BCUT2D eigenvalue weighted by atomic mass is 16.5. The van der Waals surface area contributed by atoms with Gasteiger partial charge in [0.25, 0.3) is 0 Å². The number of hydrogen-bond acceptors (Lipinski definition) is 6. The van der Waals surface area contributed by atoms with E-state index in [4.69, 9.17) is 10.3 Å². The minimum Gasteiger partial charge on any atom is -0.339 e. The molecule has 3 rings (SSSR count). The van der Waals surface area contributed by atoms with Crippen LogP contribution in [0.25, 0.3) is 0 Å². The van der Waals surface area contributed by atoms with Crippen LogP contribution in [0.2, 0.25) is 0 Å². The number of nitrogens with two attached hydrogens (primary N) is 1. The minimum atomic E-state index is 0.242. The summed E-state index contributed by atoms with van der Waals surface area (Å²) in [6, 6.07) is 0.537. The van der Waals surface area contributed by atoms with Crippen molar-refractivity contribution in [1.82, 2.24) is 19.9 Å². The predicted octanol–water partition coefficient (Wildman–Crippen LogP) is 0.583. The Morgan fingerprint density at radius 3 is 2.84 bits per heavy atom. The Morgan fingerprint density at radius 2 is 2.11 bits per heavy atom. The monoisotopic (exact) mass is 265 g/mol. The molecule has 1 aromatic rings. The van der Waals surface area contributed by atoms with E-state index in [1.807, 2.05) is 0 Å². The number of rotatable bonds is 2. The summed E-state index contributed by atoms with van der Waals surface area (Å²) in [6.07, 6.45) is 3.11. The molecule has 1 aliphatic carbocycles. The van der Waals surface area contributed by atoms with Crippen molar-refractivity contribution in [1.29, 1.82) is 0 Å². The van der Waals surface area contributed by atoms with Crippen LogP contribution in [0.15, 0.2) is 4.52 Å². The fourth-order valence-corrected chi connectivity index (χ4v) is 3.08. The Hall–Kier alpha value is -0.980. The van der Waals surface area contributed by atoms with Crippen molar-refractivity contribution in [3.8, 4) is 0 Å². The lowest BCUT2D eigenvalue weighted by Crippen LogP contribution is -2.45. The topological polar surface area (TPSA) is 71.4 Å². The molecule has 6 heteroatoms. The summed E-state index contributed by atoms with van der Waals surface area (Å²) in [5.74, 6) is 1.97. The SMILES string of the molecule is CN1CCN(C)C(c2noc([C@@H]3CC[C@H](N)C3)n2)C1. The molecule has 1 saturated heterocycles. The van der Waals surface area contributed by atoms with E-state index in [2.05, 4.69) is 34.0 Å². The van der Waals surface area contributed by atoms with Gasteiger partial charge in [-0.05, 0) is 33.4 Å². The lowest BCUT2D eigenvalue weighted by atomic mass is 10.1. The number of nitrogens with zero attached hydrogens (tertiary/aromatic N) is 4. The highest BCUT2D eigenvalue weighted by molar-refractivity contribution is 5.03. The van der Waals surface area contributed by atoms with Gasteiger partial charge in [-0.25, -0.2) is 0 Å². The van der Waals surface area contributed by atoms with E-state index in [-0.39, 0.29) is 6.04 Å². The van der Waals surface area contributed by atoms with E-state index in [1.54, 1.807) is 0 Å². The summed E-state index contributed by atoms with van der Waals surface area (Å²) < 4.78 is 5.47. The Kier molecular flexibility index (Phi) is 3.56. The Labute approximate surface area is 113 Å². The molecule has 0 spiro atoms. The molecule has 0 amide bonds. The van der Waals surface area contributed by atoms with Gasteiger partial charge in [0, 0.05) is 31.6 Å². The first kappa shape index (κ1) is 13.0. The first-order valence-corrected chi connectivity index (χ1v) is 7.11. The maximum Gasteiger partial charge on any atom is 0.229 e. The largest absolute Gasteiger partial charge is 0.339 e. The molecule has 0 bridgehead atoms. The molecular weight excluding hydrogens is 242 g/mol. The zero-order chi connectivity index (χ0) is 13.4. The second-order valence-electron chi connectivity index (χ2n) is 6.02. The van der Waals surface area contributed by atoms with Gasteiger partial charge >= 0.3 is 0 Å². The fraction of sp³-hybridized carbons (Fsp3) is 0.846. The van der Waals surface area contributed by atoms with Crippen LogP contribution in [0.5, 0.6) is 0 Å². The molecule has 6 nitrogen and oxygen atoms in total. The summed E-state index contributed by atoms with van der Waals surface area (Å²) in [5.41, 5.74) is 5.95. The van der Waals surface area contributed by atoms with Crippen molar-refractivity contribution in [3.05, 3.63) is 11.7 Å². The fourth-order valence-electron chi connectivity index (χ4n) is 3.08. The second-order valence-corrected chi connectivity index (χ2v) is 6.02. The molecule has 0 radical (unpaired) electrons. The maximum absolute atomic E-state index is 5.95. The normalized spacial score (nSPS) is 33.9. The summed E-state index contributed by atoms with van der Waals surface area (Å²) in [5, 5.41) is 4.20. The van der Waals surface area contributed by atoms with E-state index in [0.29, 0.717) is 12.0 Å². The van der Waals surface area contributed by atoms with Gasteiger partial charge in [0.1, 0.15) is 0 Å². The molecule has 2 N–H and O–H groups in total. The van der Waals surface area contributed by atoms with Crippen LogP contribution in [0.4, 0.5) is 0 Å². The van der Waals surface area contributed by atoms with Crippen molar-refractivity contribution in [3.63, 3.8) is 0 Å². The highest BCUT2D eigenvalue weighted by Gasteiger charge is 2.31. The van der Waals surface area contributed by atoms with Crippen molar-refractivity contribution >= 4 is 0 Å². The molecule has 1 unspecified atom stereocenters. The Morgan fingerprint density at radius 1 is 1.26 bits per heavy atom. The van der Waals surface area contributed by atoms with E-state index >= 15 is 0 Å². The first-order valence-electron chi connectivity index (χ1n) is 7.11. The second kappa shape index (κ2) is 5.19. The molecule has 1 aliphatic heterocycles. The smallest absolute Gasteiger partial charge is 0.229 e. The zero-order valence-electron chi connectivity index (χ0n) is 11.7. The van der Waals surface area contributed by atoms with Gasteiger partial charge in [0.05, 0.1) is 6.04 Å². The van der Waals surface area contributed by atoms with Crippen molar-refractivity contribution in [2.75, 3.05) is 33.7 Å². The van der Waals surface area contributed by atoms with Gasteiger partial charge in [-0.15, -0.1) is 0 Å². The first-order chi connectivity index (χ1) is 9.13. The third-order valence-corrected chi connectivity index (χ3v) is 4.43. The number of piperazine rings is 1. The third kappa shape index (κ3) is 2.66. The zero-order valence-corrected chi connectivity index (χ0v) is 11.7. The molecule has 0 aromatic carbocycles. The van der Waals surface area contributed by atoms with Crippen LogP contribution < -0.4 is 5.73 Å². The molecule has 2 fully saturated rings. The molecule has 1 aromatic heterocycles. The van der Waals surface area contributed by atoms with Crippen LogP contribution in [0.3, 0.4) is 0 Å². The van der Waals surface area contributed by atoms with Crippen LogP contribution >= 0.6 is 0 Å². The van der Waals surface area contributed by atoms with Crippen molar-refractivity contribution in [2.24, 2.45) is 5.73 Å². The standard InChI is InChI=1S/C13H23N5O/c1-17-5-6-18(2)11(8-17)12-15-13(19-16-12)9-3-4-10(14)7-9/h9-11H,3-8,14H2,1-2H3/t9-,10+,11?/m1/s1. The average Bonchev–Trinajstić information content (AvgIpc) is 3.00. The van der Waals surface area contributed by atoms with E-state index in [9.17, 15) is 0 Å². The van der Waals surface area contributed by atoms with Gasteiger partial charge in [0.2, 0.25) is 5.89 Å². The third-order valence-electron chi connectivity index (χ3n) is 4.43. The molecular formula is C13H23N5O. The highest BCUT2D eigenvalue weighted by Crippen LogP contribution is 2.33. The average molecular weight is 265 g/mol. The minimum absolute atomic E-state index is 0.242. The quantitative estimate of drug-likeness (QED) is 0.843. The maximum atomic E-state index is 5.95.